The monoisotopic (exact) mass is 364 g/mol. The molecule has 2 aromatic heterocycles. The molecule has 3 heterocycles. The van der Waals surface area contributed by atoms with Crippen LogP contribution in [0.5, 0.6) is 0 Å². The van der Waals surface area contributed by atoms with E-state index in [2.05, 4.69) is 27.4 Å². The average Bonchev–Trinajstić information content (AvgIpc) is 3.32. The molecule has 140 valence electrons. The van der Waals surface area contributed by atoms with Gasteiger partial charge in [-0.2, -0.15) is 0 Å². The number of anilines is 1. The Morgan fingerprint density at radius 2 is 2.30 bits per heavy atom. The molecule has 1 aliphatic rings. The molecule has 1 aliphatic heterocycles. The van der Waals surface area contributed by atoms with Crippen LogP contribution in [0, 0.1) is 5.41 Å². The number of fused-ring (bicyclic) bond motifs is 1. The molecule has 0 aliphatic carbocycles. The third-order valence-corrected chi connectivity index (χ3v) is 4.88. The highest BCUT2D eigenvalue weighted by atomic mass is 16.5. The zero-order valence-electron chi connectivity index (χ0n) is 15.7. The molecule has 1 atom stereocenters. The van der Waals surface area contributed by atoms with Crippen LogP contribution in [0.1, 0.15) is 25.8 Å². The Hall–Kier alpha value is -2.73. The van der Waals surface area contributed by atoms with Gasteiger partial charge in [-0.15, -0.1) is 0 Å². The van der Waals surface area contributed by atoms with Crippen molar-refractivity contribution >= 4 is 23.1 Å². The van der Waals surface area contributed by atoms with Crippen LogP contribution in [0.3, 0.4) is 0 Å². The first kappa shape index (κ1) is 17.7. The topological polar surface area (TPSA) is 79.9 Å². The van der Waals surface area contributed by atoms with E-state index in [0.717, 1.165) is 59.6 Å². The van der Waals surface area contributed by atoms with E-state index in [-0.39, 0.29) is 0 Å². The van der Waals surface area contributed by atoms with Gasteiger partial charge in [0.15, 0.2) is 5.65 Å². The van der Waals surface area contributed by atoms with Crippen LogP contribution in [0.4, 0.5) is 5.69 Å². The van der Waals surface area contributed by atoms with Gasteiger partial charge in [0.2, 0.25) is 0 Å². The fourth-order valence-corrected chi connectivity index (χ4v) is 3.40. The number of carbonyl (C=O) groups excluding carboxylic acids is 1. The summed E-state index contributed by atoms with van der Waals surface area (Å²) in [5.74, 6) is 0. The minimum atomic E-state index is -0.431. The van der Waals surface area contributed by atoms with Crippen molar-refractivity contribution in [2.75, 3.05) is 18.5 Å². The van der Waals surface area contributed by atoms with Crippen LogP contribution in [-0.2, 0) is 16.0 Å². The second-order valence-electron chi connectivity index (χ2n) is 7.84. The van der Waals surface area contributed by atoms with Crippen LogP contribution < -0.4 is 5.32 Å². The smallest absolute Gasteiger partial charge is 0.156 e. The molecule has 2 N–H and O–H groups in total. The molecule has 0 radical (unpaired) electrons. The molecule has 27 heavy (non-hydrogen) atoms. The second kappa shape index (κ2) is 7.12. The number of nitrogens with one attached hydrogen (secondary N) is 2. The number of aromatic amines is 1. The predicted molar refractivity (Wildman–Crippen MR) is 106 cm³/mol. The number of hydrogen-bond donors (Lipinski definition) is 2. The van der Waals surface area contributed by atoms with Gasteiger partial charge < -0.3 is 19.8 Å². The van der Waals surface area contributed by atoms with Crippen molar-refractivity contribution in [3.63, 3.8) is 0 Å². The summed E-state index contributed by atoms with van der Waals surface area (Å²) < 4.78 is 5.43. The lowest BCUT2D eigenvalue weighted by Crippen LogP contribution is -2.18. The predicted octanol–water partition coefficient (Wildman–Crippen LogP) is 3.59. The van der Waals surface area contributed by atoms with E-state index in [9.17, 15) is 4.79 Å². The maximum absolute atomic E-state index is 11.3. The fraction of sp³-hybridized carbons (Fsp3) is 0.381. The maximum atomic E-state index is 11.3. The number of nitrogens with zero attached hydrogens (tertiary/aromatic N) is 2. The van der Waals surface area contributed by atoms with Gasteiger partial charge >= 0.3 is 0 Å². The molecule has 3 aromatic rings. The Morgan fingerprint density at radius 3 is 3.07 bits per heavy atom. The molecule has 4 rings (SSSR count). The molecule has 0 amide bonds. The van der Waals surface area contributed by atoms with Crippen LogP contribution in [0.25, 0.3) is 22.4 Å². The SMILES string of the molecule is CC(C)(C=O)Cc1c[nH]c2ncc(-c3cccc(NC4CCOC4)c3)nc12. The maximum Gasteiger partial charge on any atom is 0.156 e. The summed E-state index contributed by atoms with van der Waals surface area (Å²) in [7, 11) is 0. The van der Waals surface area contributed by atoms with E-state index in [1.807, 2.05) is 32.2 Å². The zero-order valence-corrected chi connectivity index (χ0v) is 15.7. The minimum absolute atomic E-state index is 0.357. The third-order valence-electron chi connectivity index (χ3n) is 4.88. The Balaban J connectivity index is 1.64. The van der Waals surface area contributed by atoms with Gasteiger partial charge in [0.05, 0.1) is 24.5 Å². The molecule has 1 aromatic carbocycles. The van der Waals surface area contributed by atoms with Crippen LogP contribution in [0.15, 0.2) is 36.7 Å². The van der Waals surface area contributed by atoms with Gasteiger partial charge in [-0.1, -0.05) is 26.0 Å². The molecular weight excluding hydrogens is 340 g/mol. The highest BCUT2D eigenvalue weighted by Gasteiger charge is 2.21. The van der Waals surface area contributed by atoms with Gasteiger partial charge in [-0.3, -0.25) is 0 Å². The second-order valence-corrected chi connectivity index (χ2v) is 7.84. The molecule has 1 saturated heterocycles. The Morgan fingerprint density at radius 1 is 1.41 bits per heavy atom. The molecule has 6 heteroatoms. The van der Waals surface area contributed by atoms with Crippen molar-refractivity contribution in [3.8, 4) is 11.3 Å². The molecule has 1 unspecified atom stereocenters. The van der Waals surface area contributed by atoms with E-state index < -0.39 is 5.41 Å². The molecular formula is C21H24N4O2. The number of H-pyrrole nitrogens is 1. The van der Waals surface area contributed by atoms with Crippen molar-refractivity contribution in [1.82, 2.24) is 15.0 Å². The Kier molecular flexibility index (Phi) is 4.66. The lowest BCUT2D eigenvalue weighted by molar-refractivity contribution is -0.114. The quantitative estimate of drug-likeness (QED) is 0.654. The van der Waals surface area contributed by atoms with E-state index in [1.165, 1.54) is 0 Å². The van der Waals surface area contributed by atoms with Gasteiger partial charge in [0.1, 0.15) is 11.8 Å². The van der Waals surface area contributed by atoms with E-state index in [0.29, 0.717) is 12.5 Å². The van der Waals surface area contributed by atoms with E-state index in [4.69, 9.17) is 9.72 Å². The van der Waals surface area contributed by atoms with Gasteiger partial charge in [-0.25, -0.2) is 9.97 Å². The largest absolute Gasteiger partial charge is 0.380 e. The first-order valence-electron chi connectivity index (χ1n) is 9.28. The number of hydrogen-bond acceptors (Lipinski definition) is 5. The lowest BCUT2D eigenvalue weighted by atomic mass is 9.88. The highest BCUT2D eigenvalue weighted by Crippen LogP contribution is 2.27. The number of aldehydes is 1. The summed E-state index contributed by atoms with van der Waals surface area (Å²) in [6.07, 6.45) is 6.32. The summed E-state index contributed by atoms with van der Waals surface area (Å²) in [6.45, 7) is 5.41. The first-order chi connectivity index (χ1) is 13.0. The molecule has 0 bridgehead atoms. The standard InChI is InChI=1S/C21H24N4O2/c1-21(2,13-26)9-15-10-22-20-19(15)25-18(11-23-20)14-4-3-5-16(8-14)24-17-6-7-27-12-17/h3-5,8,10-11,13,17,24H,6-7,9,12H2,1-2H3,(H,22,23). The van der Waals surface area contributed by atoms with E-state index >= 15 is 0 Å². The van der Waals surface area contributed by atoms with Crippen molar-refractivity contribution in [2.24, 2.45) is 5.41 Å². The normalized spacial score (nSPS) is 17.3. The van der Waals surface area contributed by atoms with Gasteiger partial charge in [-0.05, 0) is 30.5 Å². The third kappa shape index (κ3) is 3.85. The summed E-state index contributed by atoms with van der Waals surface area (Å²) in [4.78, 5) is 23.8. The first-order valence-corrected chi connectivity index (χ1v) is 9.28. The minimum Gasteiger partial charge on any atom is -0.380 e. The number of benzene rings is 1. The number of rotatable bonds is 6. The average molecular weight is 364 g/mol. The molecule has 6 nitrogen and oxygen atoms in total. The Bertz CT molecular complexity index is 958. The Labute approximate surface area is 158 Å². The van der Waals surface area contributed by atoms with Crippen LogP contribution in [-0.4, -0.2) is 40.5 Å². The molecule has 0 spiro atoms. The van der Waals surface area contributed by atoms with Crippen LogP contribution >= 0.6 is 0 Å². The lowest BCUT2D eigenvalue weighted by Gasteiger charge is -2.15. The van der Waals surface area contributed by atoms with Crippen molar-refractivity contribution < 1.29 is 9.53 Å². The van der Waals surface area contributed by atoms with Crippen molar-refractivity contribution in [2.45, 2.75) is 32.7 Å². The summed E-state index contributed by atoms with van der Waals surface area (Å²) in [5, 5.41) is 3.52. The summed E-state index contributed by atoms with van der Waals surface area (Å²) in [6, 6.07) is 8.56. The summed E-state index contributed by atoms with van der Waals surface area (Å²) >= 11 is 0. The zero-order chi connectivity index (χ0) is 18.9. The fourth-order valence-electron chi connectivity index (χ4n) is 3.40. The van der Waals surface area contributed by atoms with Crippen LogP contribution in [0.2, 0.25) is 0 Å². The number of carbonyl (C=O) groups is 1. The number of aromatic nitrogens is 3. The molecule has 1 fully saturated rings. The summed E-state index contributed by atoms with van der Waals surface area (Å²) in [5.41, 5.74) is 5.03. The van der Waals surface area contributed by atoms with Crippen molar-refractivity contribution in [3.05, 3.63) is 42.2 Å². The van der Waals surface area contributed by atoms with Gasteiger partial charge in [0.25, 0.3) is 0 Å². The number of ether oxygens (including phenoxy) is 1. The van der Waals surface area contributed by atoms with Crippen molar-refractivity contribution in [1.29, 1.82) is 0 Å². The van der Waals surface area contributed by atoms with Gasteiger partial charge in [0, 0.05) is 29.5 Å². The highest BCUT2D eigenvalue weighted by molar-refractivity contribution is 5.79. The molecule has 0 saturated carbocycles. The van der Waals surface area contributed by atoms with E-state index in [1.54, 1.807) is 6.20 Å².